The Morgan fingerprint density at radius 2 is 2.11 bits per heavy atom. The van der Waals surface area contributed by atoms with E-state index in [-0.39, 0.29) is 11.3 Å². The first-order valence-corrected chi connectivity index (χ1v) is 7.45. The van der Waals surface area contributed by atoms with Crippen molar-refractivity contribution in [1.29, 1.82) is 0 Å². The summed E-state index contributed by atoms with van der Waals surface area (Å²) in [6.07, 6.45) is 2.34. The van der Waals surface area contributed by atoms with Crippen molar-refractivity contribution in [3.63, 3.8) is 0 Å². The van der Waals surface area contributed by atoms with Crippen LogP contribution in [0.25, 0.3) is 0 Å². The molecule has 0 aliphatic heterocycles. The molecule has 1 rings (SSSR count). The highest BCUT2D eigenvalue weighted by atomic mass is 32.2. The number of nitrogens with one attached hydrogen (secondary N) is 1. The van der Waals surface area contributed by atoms with Gasteiger partial charge in [-0.15, -0.1) is 11.8 Å². The summed E-state index contributed by atoms with van der Waals surface area (Å²) in [5.41, 5.74) is 6.92. The molecule has 0 aliphatic rings. The zero-order valence-electron chi connectivity index (χ0n) is 10.9. The fourth-order valence-corrected chi connectivity index (χ4v) is 2.43. The predicted octanol–water partition coefficient (Wildman–Crippen LogP) is 2.16. The summed E-state index contributed by atoms with van der Waals surface area (Å²) < 4.78 is 0. The van der Waals surface area contributed by atoms with E-state index < -0.39 is 0 Å². The van der Waals surface area contributed by atoms with Crippen LogP contribution in [0.2, 0.25) is 0 Å². The summed E-state index contributed by atoms with van der Waals surface area (Å²) in [4.78, 5) is 11.6. The third-order valence-electron chi connectivity index (χ3n) is 2.58. The second-order valence-electron chi connectivity index (χ2n) is 4.15. The summed E-state index contributed by atoms with van der Waals surface area (Å²) in [6.45, 7) is 2.82. The molecular weight excluding hydrogens is 244 g/mol. The average Bonchev–Trinajstić information content (AvgIpc) is 2.36. The highest BCUT2D eigenvalue weighted by Crippen LogP contribution is 2.09. The van der Waals surface area contributed by atoms with Gasteiger partial charge in [0.2, 0.25) is 5.91 Å². The van der Waals surface area contributed by atoms with Gasteiger partial charge in [0.25, 0.3) is 0 Å². The molecule has 1 amide bonds. The predicted molar refractivity (Wildman–Crippen MR) is 78.5 cm³/mol. The van der Waals surface area contributed by atoms with E-state index in [1.165, 1.54) is 0 Å². The van der Waals surface area contributed by atoms with E-state index in [0.29, 0.717) is 13.0 Å². The number of hydrogen-bond donors (Lipinski definition) is 2. The van der Waals surface area contributed by atoms with Crippen molar-refractivity contribution in [2.45, 2.75) is 31.6 Å². The van der Waals surface area contributed by atoms with Crippen molar-refractivity contribution in [2.75, 3.05) is 12.3 Å². The van der Waals surface area contributed by atoms with E-state index in [1.54, 1.807) is 11.8 Å². The standard InChI is InChI=1S/C14H22N2OS/c1-2-18-13(15)9-6-10-16-14(17)11-12-7-4-3-5-8-12/h3-5,7-8,13H,2,6,9-11,15H2,1H3,(H,16,17). The van der Waals surface area contributed by atoms with Crippen LogP contribution in [0.3, 0.4) is 0 Å². The fraction of sp³-hybridized carbons (Fsp3) is 0.500. The maximum atomic E-state index is 11.6. The quantitative estimate of drug-likeness (QED) is 0.560. The Morgan fingerprint density at radius 3 is 2.78 bits per heavy atom. The monoisotopic (exact) mass is 266 g/mol. The third kappa shape index (κ3) is 6.67. The van der Waals surface area contributed by atoms with E-state index in [9.17, 15) is 4.79 Å². The van der Waals surface area contributed by atoms with E-state index >= 15 is 0 Å². The van der Waals surface area contributed by atoms with Gasteiger partial charge < -0.3 is 11.1 Å². The molecule has 0 aliphatic carbocycles. The Bertz CT molecular complexity index is 343. The maximum Gasteiger partial charge on any atom is 0.224 e. The molecule has 0 saturated carbocycles. The SMILES string of the molecule is CCSC(N)CCCNC(=O)Cc1ccccc1. The first kappa shape index (κ1) is 15.1. The smallest absolute Gasteiger partial charge is 0.224 e. The zero-order valence-corrected chi connectivity index (χ0v) is 11.7. The molecule has 0 fully saturated rings. The van der Waals surface area contributed by atoms with E-state index in [1.807, 2.05) is 30.3 Å². The average molecular weight is 266 g/mol. The summed E-state index contributed by atoms with van der Waals surface area (Å²) in [5, 5.41) is 3.12. The molecule has 3 N–H and O–H groups in total. The number of thioether (sulfide) groups is 1. The highest BCUT2D eigenvalue weighted by molar-refractivity contribution is 7.99. The Hall–Kier alpha value is -1.00. The summed E-state index contributed by atoms with van der Waals surface area (Å²) >= 11 is 1.76. The van der Waals surface area contributed by atoms with Crippen LogP contribution in [0.5, 0.6) is 0 Å². The van der Waals surface area contributed by atoms with Crippen molar-refractivity contribution in [1.82, 2.24) is 5.32 Å². The van der Waals surface area contributed by atoms with Gasteiger partial charge in [-0.3, -0.25) is 4.79 Å². The van der Waals surface area contributed by atoms with Crippen LogP contribution in [-0.2, 0) is 11.2 Å². The topological polar surface area (TPSA) is 55.1 Å². The summed E-state index contributed by atoms with van der Waals surface area (Å²) in [6, 6.07) is 9.78. The lowest BCUT2D eigenvalue weighted by molar-refractivity contribution is -0.120. The van der Waals surface area contributed by atoms with Gasteiger partial charge in [0, 0.05) is 6.54 Å². The normalized spacial score (nSPS) is 12.1. The molecule has 100 valence electrons. The van der Waals surface area contributed by atoms with Gasteiger partial charge >= 0.3 is 0 Å². The minimum Gasteiger partial charge on any atom is -0.356 e. The number of carbonyl (C=O) groups is 1. The molecule has 1 aromatic rings. The lowest BCUT2D eigenvalue weighted by atomic mass is 10.1. The van der Waals surface area contributed by atoms with Crippen LogP contribution in [0.1, 0.15) is 25.3 Å². The van der Waals surface area contributed by atoms with Gasteiger partial charge in [0.15, 0.2) is 0 Å². The number of carbonyl (C=O) groups excluding carboxylic acids is 1. The number of amides is 1. The highest BCUT2D eigenvalue weighted by Gasteiger charge is 2.04. The van der Waals surface area contributed by atoms with Crippen molar-refractivity contribution in [2.24, 2.45) is 5.73 Å². The number of benzene rings is 1. The first-order valence-electron chi connectivity index (χ1n) is 6.40. The molecular formula is C14H22N2OS. The molecule has 1 atom stereocenters. The van der Waals surface area contributed by atoms with Crippen LogP contribution in [0, 0.1) is 0 Å². The second kappa shape index (κ2) is 9.00. The van der Waals surface area contributed by atoms with Crippen LogP contribution >= 0.6 is 11.8 Å². The molecule has 0 radical (unpaired) electrons. The largest absolute Gasteiger partial charge is 0.356 e. The van der Waals surface area contributed by atoms with Crippen molar-refractivity contribution in [3.05, 3.63) is 35.9 Å². The minimum atomic E-state index is 0.0814. The molecule has 0 heterocycles. The van der Waals surface area contributed by atoms with E-state index in [0.717, 1.165) is 24.2 Å². The third-order valence-corrected chi connectivity index (χ3v) is 3.57. The molecule has 0 bridgehead atoms. The molecule has 1 unspecified atom stereocenters. The van der Waals surface area contributed by atoms with Gasteiger partial charge in [-0.2, -0.15) is 0 Å². The minimum absolute atomic E-state index is 0.0814. The molecule has 3 nitrogen and oxygen atoms in total. The van der Waals surface area contributed by atoms with Crippen molar-refractivity contribution < 1.29 is 4.79 Å². The fourth-order valence-electron chi connectivity index (χ4n) is 1.67. The number of hydrogen-bond acceptors (Lipinski definition) is 3. The van der Waals surface area contributed by atoms with Gasteiger partial charge in [0.05, 0.1) is 11.8 Å². The molecule has 0 spiro atoms. The van der Waals surface area contributed by atoms with Crippen LogP contribution in [-0.4, -0.2) is 23.6 Å². The van der Waals surface area contributed by atoms with Crippen molar-refractivity contribution >= 4 is 17.7 Å². The lowest BCUT2D eigenvalue weighted by Gasteiger charge is -2.10. The zero-order chi connectivity index (χ0) is 13.2. The Kier molecular flexibility index (Phi) is 7.53. The molecule has 0 aromatic heterocycles. The summed E-state index contributed by atoms with van der Waals surface area (Å²) in [5.74, 6) is 1.12. The van der Waals surface area contributed by atoms with E-state index in [4.69, 9.17) is 5.73 Å². The van der Waals surface area contributed by atoms with Gasteiger partial charge in [0.1, 0.15) is 0 Å². The Labute approximate surface area is 114 Å². The summed E-state index contributed by atoms with van der Waals surface area (Å²) in [7, 11) is 0. The number of rotatable bonds is 8. The molecule has 0 saturated heterocycles. The Balaban J connectivity index is 2.11. The van der Waals surface area contributed by atoms with Crippen LogP contribution in [0.15, 0.2) is 30.3 Å². The second-order valence-corrected chi connectivity index (χ2v) is 5.66. The van der Waals surface area contributed by atoms with Gasteiger partial charge in [-0.25, -0.2) is 0 Å². The molecule has 4 heteroatoms. The first-order chi connectivity index (χ1) is 8.72. The number of nitrogens with two attached hydrogens (primary N) is 1. The maximum absolute atomic E-state index is 11.6. The van der Waals surface area contributed by atoms with Crippen LogP contribution < -0.4 is 11.1 Å². The van der Waals surface area contributed by atoms with E-state index in [2.05, 4.69) is 12.2 Å². The molecule has 1 aromatic carbocycles. The Morgan fingerprint density at radius 1 is 1.39 bits per heavy atom. The van der Waals surface area contributed by atoms with Crippen LogP contribution in [0.4, 0.5) is 0 Å². The van der Waals surface area contributed by atoms with Crippen molar-refractivity contribution in [3.8, 4) is 0 Å². The molecule has 18 heavy (non-hydrogen) atoms. The van der Waals surface area contributed by atoms with Gasteiger partial charge in [-0.05, 0) is 24.2 Å². The van der Waals surface area contributed by atoms with Gasteiger partial charge in [-0.1, -0.05) is 37.3 Å². The lowest BCUT2D eigenvalue weighted by Crippen LogP contribution is -2.27.